The molecular weight excluding hydrogens is 390 g/mol. The standard InChI is InChI=1S/C19H19F4N5O/c1-11-4-2-7-16(26-11)28(25)15-8-9-27(10-14(15)24)18(29)12-5-3-6-13(17(12)20)19(21,22)23/h2-7H,8-10,24-25H2,1H3. The molecule has 0 unspecified atom stereocenters. The number of hydrogen-bond acceptors (Lipinski definition) is 5. The van der Waals surface area contributed by atoms with E-state index in [1.807, 2.05) is 0 Å². The molecule has 3 rings (SSSR count). The Kier molecular flexibility index (Phi) is 5.47. The van der Waals surface area contributed by atoms with Crippen LogP contribution in [0.1, 0.15) is 28.0 Å². The van der Waals surface area contributed by atoms with Crippen LogP contribution >= 0.6 is 0 Å². The Morgan fingerprint density at radius 2 is 1.90 bits per heavy atom. The average Bonchev–Trinajstić information content (AvgIpc) is 2.66. The van der Waals surface area contributed by atoms with Crippen molar-refractivity contribution >= 4 is 11.7 Å². The Hall–Kier alpha value is -3.14. The molecule has 29 heavy (non-hydrogen) atoms. The van der Waals surface area contributed by atoms with Crippen LogP contribution in [0.5, 0.6) is 0 Å². The highest BCUT2D eigenvalue weighted by Crippen LogP contribution is 2.33. The number of alkyl halides is 3. The van der Waals surface area contributed by atoms with Crippen LogP contribution < -0.4 is 16.6 Å². The van der Waals surface area contributed by atoms with Gasteiger partial charge in [-0.2, -0.15) is 13.2 Å². The number of aryl methyl sites for hydroxylation is 1. The van der Waals surface area contributed by atoms with E-state index in [1.54, 1.807) is 25.1 Å². The van der Waals surface area contributed by atoms with Gasteiger partial charge in [-0.15, -0.1) is 0 Å². The molecular formula is C19H19F4N5O. The number of halogens is 4. The minimum absolute atomic E-state index is 0.0939. The van der Waals surface area contributed by atoms with Gasteiger partial charge in [0.1, 0.15) is 11.6 Å². The van der Waals surface area contributed by atoms with Crippen molar-refractivity contribution in [3.05, 3.63) is 70.4 Å². The number of carbonyl (C=O) groups excluding carboxylic acids is 1. The number of carbonyl (C=O) groups is 1. The molecule has 0 spiro atoms. The van der Waals surface area contributed by atoms with E-state index in [-0.39, 0.29) is 25.2 Å². The maximum Gasteiger partial charge on any atom is 0.419 e. The average molecular weight is 409 g/mol. The number of benzene rings is 1. The van der Waals surface area contributed by atoms with Gasteiger partial charge in [0.05, 0.1) is 23.4 Å². The second kappa shape index (κ2) is 7.70. The van der Waals surface area contributed by atoms with E-state index in [0.717, 1.165) is 17.8 Å². The van der Waals surface area contributed by atoms with Gasteiger partial charge in [0.2, 0.25) is 0 Å². The summed E-state index contributed by atoms with van der Waals surface area (Å²) >= 11 is 0. The number of amides is 1. The van der Waals surface area contributed by atoms with Crippen molar-refractivity contribution in [2.45, 2.75) is 19.5 Å². The van der Waals surface area contributed by atoms with Crippen molar-refractivity contribution in [2.24, 2.45) is 11.6 Å². The van der Waals surface area contributed by atoms with Crippen LogP contribution in [0, 0.1) is 12.7 Å². The Morgan fingerprint density at radius 1 is 1.21 bits per heavy atom. The summed E-state index contributed by atoms with van der Waals surface area (Å²) in [5.41, 5.74) is 5.47. The maximum atomic E-state index is 14.3. The number of hydrazine groups is 1. The number of nitrogens with zero attached hydrogens (tertiary/aromatic N) is 3. The third-order valence-corrected chi connectivity index (χ3v) is 4.58. The molecule has 1 amide bonds. The third kappa shape index (κ3) is 4.16. The summed E-state index contributed by atoms with van der Waals surface area (Å²) in [4.78, 5) is 18.1. The van der Waals surface area contributed by atoms with Crippen molar-refractivity contribution in [2.75, 3.05) is 18.1 Å². The van der Waals surface area contributed by atoms with E-state index in [2.05, 4.69) is 4.98 Å². The van der Waals surface area contributed by atoms with Crippen LogP contribution in [0.2, 0.25) is 0 Å². The van der Waals surface area contributed by atoms with Gasteiger partial charge in [-0.1, -0.05) is 12.1 Å². The smallest absolute Gasteiger partial charge is 0.399 e. The van der Waals surface area contributed by atoms with Gasteiger partial charge in [0.15, 0.2) is 0 Å². The summed E-state index contributed by atoms with van der Waals surface area (Å²) in [5.74, 6) is 4.10. The second-order valence-electron chi connectivity index (χ2n) is 6.62. The van der Waals surface area contributed by atoms with Gasteiger partial charge in [0, 0.05) is 24.4 Å². The summed E-state index contributed by atoms with van der Waals surface area (Å²) in [6.07, 6.45) is -4.65. The van der Waals surface area contributed by atoms with Crippen LogP contribution in [0.25, 0.3) is 0 Å². The van der Waals surface area contributed by atoms with Crippen LogP contribution in [-0.4, -0.2) is 28.9 Å². The highest BCUT2D eigenvalue weighted by atomic mass is 19.4. The van der Waals surface area contributed by atoms with Crippen LogP contribution in [0.4, 0.5) is 23.4 Å². The Balaban J connectivity index is 1.83. The SMILES string of the molecule is Cc1cccc(N(N)C2=C(N)CN(C(=O)c3cccc(C(F)(F)F)c3F)CC2)n1. The number of nitrogens with two attached hydrogens (primary N) is 2. The van der Waals surface area contributed by atoms with Gasteiger partial charge >= 0.3 is 6.18 Å². The molecule has 2 heterocycles. The number of rotatable bonds is 3. The highest BCUT2D eigenvalue weighted by molar-refractivity contribution is 5.95. The van der Waals surface area contributed by atoms with Crippen LogP contribution in [0.15, 0.2) is 47.8 Å². The van der Waals surface area contributed by atoms with E-state index in [4.69, 9.17) is 11.6 Å². The fourth-order valence-corrected chi connectivity index (χ4v) is 3.11. The summed E-state index contributed by atoms with van der Waals surface area (Å²) in [6, 6.07) is 7.90. The minimum Gasteiger partial charge on any atom is -0.399 e. The van der Waals surface area contributed by atoms with E-state index in [9.17, 15) is 22.4 Å². The van der Waals surface area contributed by atoms with E-state index in [0.29, 0.717) is 17.6 Å². The molecule has 0 aliphatic carbocycles. The van der Waals surface area contributed by atoms with Crippen molar-refractivity contribution in [3.63, 3.8) is 0 Å². The summed E-state index contributed by atoms with van der Waals surface area (Å²) in [6.45, 7) is 1.83. The predicted molar refractivity (Wildman–Crippen MR) is 98.8 cm³/mol. The fraction of sp³-hybridized carbons (Fsp3) is 0.263. The number of hydrogen-bond donors (Lipinski definition) is 2. The van der Waals surface area contributed by atoms with Crippen LogP contribution in [0.3, 0.4) is 0 Å². The van der Waals surface area contributed by atoms with Crippen molar-refractivity contribution in [3.8, 4) is 0 Å². The lowest BCUT2D eigenvalue weighted by atomic mass is 10.1. The van der Waals surface area contributed by atoms with Gasteiger partial charge in [-0.25, -0.2) is 15.2 Å². The molecule has 1 aromatic carbocycles. The van der Waals surface area contributed by atoms with Crippen molar-refractivity contribution in [1.29, 1.82) is 0 Å². The molecule has 10 heteroatoms. The number of pyridine rings is 1. The van der Waals surface area contributed by atoms with Gasteiger partial charge < -0.3 is 10.6 Å². The predicted octanol–water partition coefficient (Wildman–Crippen LogP) is 2.94. The molecule has 1 aromatic heterocycles. The molecule has 1 aliphatic rings. The first-order chi connectivity index (χ1) is 13.6. The normalized spacial score (nSPS) is 14.9. The van der Waals surface area contributed by atoms with Gasteiger partial charge in [-0.3, -0.25) is 9.80 Å². The van der Waals surface area contributed by atoms with E-state index in [1.165, 1.54) is 9.91 Å². The lowest BCUT2D eigenvalue weighted by Crippen LogP contribution is -2.44. The first-order valence-electron chi connectivity index (χ1n) is 8.70. The number of anilines is 1. The third-order valence-electron chi connectivity index (χ3n) is 4.58. The molecule has 0 atom stereocenters. The minimum atomic E-state index is -4.89. The molecule has 2 aromatic rings. The Labute approximate surface area is 164 Å². The molecule has 0 fully saturated rings. The zero-order valence-electron chi connectivity index (χ0n) is 15.5. The topological polar surface area (TPSA) is 88.5 Å². The second-order valence-corrected chi connectivity index (χ2v) is 6.62. The number of aromatic nitrogens is 1. The summed E-state index contributed by atoms with van der Waals surface area (Å²) in [7, 11) is 0. The molecule has 0 saturated heterocycles. The van der Waals surface area contributed by atoms with Gasteiger partial charge in [0.25, 0.3) is 5.91 Å². The Bertz CT molecular complexity index is 973. The van der Waals surface area contributed by atoms with E-state index >= 15 is 0 Å². The first kappa shape index (κ1) is 20.6. The summed E-state index contributed by atoms with van der Waals surface area (Å²) < 4.78 is 53.0. The molecule has 0 bridgehead atoms. The molecule has 0 saturated carbocycles. The zero-order valence-corrected chi connectivity index (χ0v) is 15.5. The molecule has 0 radical (unpaired) electrons. The zero-order chi connectivity index (χ0) is 21.3. The molecule has 6 nitrogen and oxygen atoms in total. The van der Waals surface area contributed by atoms with E-state index < -0.39 is 29.0 Å². The summed E-state index contributed by atoms with van der Waals surface area (Å²) in [5, 5.41) is 1.31. The fourth-order valence-electron chi connectivity index (χ4n) is 3.11. The largest absolute Gasteiger partial charge is 0.419 e. The van der Waals surface area contributed by atoms with Crippen LogP contribution in [-0.2, 0) is 6.18 Å². The molecule has 1 aliphatic heterocycles. The monoisotopic (exact) mass is 409 g/mol. The van der Waals surface area contributed by atoms with Crippen molar-refractivity contribution < 1.29 is 22.4 Å². The first-order valence-corrected chi connectivity index (χ1v) is 8.70. The lowest BCUT2D eigenvalue weighted by Gasteiger charge is -2.33. The highest BCUT2D eigenvalue weighted by Gasteiger charge is 2.36. The quantitative estimate of drug-likeness (QED) is 0.462. The molecule has 154 valence electrons. The maximum absolute atomic E-state index is 14.3. The molecule has 4 N–H and O–H groups in total. The lowest BCUT2D eigenvalue weighted by molar-refractivity contribution is -0.140. The Morgan fingerprint density at radius 3 is 2.52 bits per heavy atom. The van der Waals surface area contributed by atoms with Gasteiger partial charge in [-0.05, 0) is 31.2 Å². The van der Waals surface area contributed by atoms with Crippen molar-refractivity contribution in [1.82, 2.24) is 9.88 Å².